The molecule has 1 heterocycles. The minimum atomic E-state index is -0.0504. The molecule has 1 N–H and O–H groups in total. The molecule has 1 aromatic rings. The quantitative estimate of drug-likeness (QED) is 0.874. The van der Waals surface area contributed by atoms with Gasteiger partial charge in [0.15, 0.2) is 0 Å². The Morgan fingerprint density at radius 1 is 1.33 bits per heavy atom. The van der Waals surface area contributed by atoms with Crippen molar-refractivity contribution in [1.29, 1.82) is 0 Å². The molecule has 21 heavy (non-hydrogen) atoms. The summed E-state index contributed by atoms with van der Waals surface area (Å²) < 4.78 is 0. The highest BCUT2D eigenvalue weighted by atomic mass is 16.2. The first-order valence-corrected chi connectivity index (χ1v) is 8.07. The highest BCUT2D eigenvalue weighted by molar-refractivity contribution is 5.81. The number of amides is 1. The Hall–Kier alpha value is -1.42. The SMILES string of the molecule is C[C@@H](C(=O)NCCc1ccncc1)N(C)C1CCCCC1. The number of likely N-dealkylation sites (N-methyl/N-ethyl adjacent to an activating group) is 1. The van der Waals surface area contributed by atoms with Crippen LogP contribution < -0.4 is 5.32 Å². The van der Waals surface area contributed by atoms with Crippen LogP contribution in [0.15, 0.2) is 24.5 Å². The van der Waals surface area contributed by atoms with Gasteiger partial charge in [0.25, 0.3) is 0 Å². The molecule has 1 amide bonds. The van der Waals surface area contributed by atoms with Crippen LogP contribution in [0.25, 0.3) is 0 Å². The zero-order valence-corrected chi connectivity index (χ0v) is 13.2. The van der Waals surface area contributed by atoms with Gasteiger partial charge in [-0.3, -0.25) is 14.7 Å². The molecule has 4 heteroatoms. The van der Waals surface area contributed by atoms with Gasteiger partial charge in [-0.2, -0.15) is 0 Å². The molecule has 116 valence electrons. The van der Waals surface area contributed by atoms with E-state index in [1.807, 2.05) is 19.1 Å². The molecule has 0 aromatic carbocycles. The van der Waals surface area contributed by atoms with Crippen molar-refractivity contribution in [3.05, 3.63) is 30.1 Å². The Bertz CT molecular complexity index is 429. The zero-order valence-electron chi connectivity index (χ0n) is 13.2. The lowest BCUT2D eigenvalue weighted by molar-refractivity contribution is -0.126. The van der Waals surface area contributed by atoms with E-state index in [1.165, 1.54) is 37.7 Å². The molecule has 0 radical (unpaired) electrons. The normalized spacial score (nSPS) is 17.7. The summed E-state index contributed by atoms with van der Waals surface area (Å²) >= 11 is 0. The van der Waals surface area contributed by atoms with Crippen LogP contribution in [0.4, 0.5) is 0 Å². The fraction of sp³-hybridized carbons (Fsp3) is 0.647. The number of carbonyl (C=O) groups is 1. The molecule has 0 aliphatic heterocycles. The number of nitrogens with one attached hydrogen (secondary N) is 1. The average Bonchev–Trinajstić information content (AvgIpc) is 2.55. The molecule has 1 aromatic heterocycles. The van der Waals surface area contributed by atoms with Gasteiger partial charge in [0, 0.05) is 25.0 Å². The van der Waals surface area contributed by atoms with Crippen LogP contribution in [0.3, 0.4) is 0 Å². The van der Waals surface area contributed by atoms with E-state index >= 15 is 0 Å². The summed E-state index contributed by atoms with van der Waals surface area (Å²) in [6.45, 7) is 2.70. The van der Waals surface area contributed by atoms with Crippen molar-refractivity contribution >= 4 is 5.91 Å². The summed E-state index contributed by atoms with van der Waals surface area (Å²) in [5.74, 6) is 0.136. The minimum absolute atomic E-state index is 0.0504. The number of pyridine rings is 1. The van der Waals surface area contributed by atoms with Crippen LogP contribution in [0.1, 0.15) is 44.6 Å². The van der Waals surface area contributed by atoms with Gasteiger partial charge in [-0.1, -0.05) is 19.3 Å². The molecule has 0 bridgehead atoms. The van der Waals surface area contributed by atoms with Gasteiger partial charge in [0.05, 0.1) is 6.04 Å². The molecule has 0 spiro atoms. The third-order valence-electron chi connectivity index (χ3n) is 4.60. The molecule has 2 rings (SSSR count). The van der Waals surface area contributed by atoms with Crippen molar-refractivity contribution < 1.29 is 4.79 Å². The second-order valence-electron chi connectivity index (χ2n) is 6.03. The summed E-state index contributed by atoms with van der Waals surface area (Å²) in [4.78, 5) is 18.5. The molecule has 4 nitrogen and oxygen atoms in total. The second-order valence-corrected chi connectivity index (χ2v) is 6.03. The molecule has 1 aliphatic carbocycles. The monoisotopic (exact) mass is 289 g/mol. The van der Waals surface area contributed by atoms with Gasteiger partial charge in [0.1, 0.15) is 0 Å². The lowest BCUT2D eigenvalue weighted by Gasteiger charge is -2.34. The summed E-state index contributed by atoms with van der Waals surface area (Å²) in [6.07, 6.45) is 10.8. The molecule has 0 unspecified atom stereocenters. The molecular formula is C17H27N3O. The van der Waals surface area contributed by atoms with Crippen LogP contribution in [0, 0.1) is 0 Å². The number of hydrogen-bond donors (Lipinski definition) is 1. The van der Waals surface area contributed by atoms with Crippen LogP contribution >= 0.6 is 0 Å². The Kier molecular flexibility index (Phi) is 6.18. The first-order chi connectivity index (χ1) is 10.2. The smallest absolute Gasteiger partial charge is 0.237 e. The van der Waals surface area contributed by atoms with Crippen molar-refractivity contribution in [2.75, 3.05) is 13.6 Å². The molecular weight excluding hydrogens is 262 g/mol. The van der Waals surface area contributed by atoms with Crippen LogP contribution in [-0.2, 0) is 11.2 Å². The summed E-state index contributed by atoms with van der Waals surface area (Å²) in [6, 6.07) is 4.50. The highest BCUT2D eigenvalue weighted by Gasteiger charge is 2.25. The summed E-state index contributed by atoms with van der Waals surface area (Å²) in [5.41, 5.74) is 1.21. The van der Waals surface area contributed by atoms with Gasteiger partial charge in [-0.05, 0) is 50.9 Å². The molecule has 1 fully saturated rings. The van der Waals surface area contributed by atoms with E-state index in [1.54, 1.807) is 12.4 Å². The van der Waals surface area contributed by atoms with Gasteiger partial charge in [0.2, 0.25) is 5.91 Å². The Morgan fingerprint density at radius 2 is 2.00 bits per heavy atom. The molecule has 1 saturated carbocycles. The number of hydrogen-bond acceptors (Lipinski definition) is 3. The van der Waals surface area contributed by atoms with E-state index in [9.17, 15) is 4.79 Å². The average molecular weight is 289 g/mol. The van der Waals surface area contributed by atoms with Crippen molar-refractivity contribution in [2.45, 2.75) is 57.5 Å². The van der Waals surface area contributed by atoms with Crippen molar-refractivity contribution in [3.63, 3.8) is 0 Å². The van der Waals surface area contributed by atoms with E-state index in [-0.39, 0.29) is 11.9 Å². The van der Waals surface area contributed by atoms with E-state index < -0.39 is 0 Å². The Balaban J connectivity index is 1.74. The number of carbonyl (C=O) groups excluding carboxylic acids is 1. The number of aromatic nitrogens is 1. The van der Waals surface area contributed by atoms with Crippen molar-refractivity contribution in [1.82, 2.24) is 15.2 Å². The number of nitrogens with zero attached hydrogens (tertiary/aromatic N) is 2. The molecule has 0 saturated heterocycles. The second kappa shape index (κ2) is 8.13. The van der Waals surface area contributed by atoms with Gasteiger partial charge in [-0.15, -0.1) is 0 Å². The summed E-state index contributed by atoms with van der Waals surface area (Å²) in [7, 11) is 2.09. The summed E-state index contributed by atoms with van der Waals surface area (Å²) in [5, 5.41) is 3.05. The zero-order chi connectivity index (χ0) is 15.1. The van der Waals surface area contributed by atoms with E-state index in [2.05, 4.69) is 22.2 Å². The number of rotatable bonds is 6. The van der Waals surface area contributed by atoms with Crippen LogP contribution in [-0.4, -0.2) is 41.5 Å². The van der Waals surface area contributed by atoms with E-state index in [0.717, 1.165) is 6.42 Å². The Labute approximate surface area is 127 Å². The predicted molar refractivity (Wildman–Crippen MR) is 85.0 cm³/mol. The van der Waals surface area contributed by atoms with Crippen LogP contribution in [0.2, 0.25) is 0 Å². The van der Waals surface area contributed by atoms with Crippen molar-refractivity contribution in [2.24, 2.45) is 0 Å². The first-order valence-electron chi connectivity index (χ1n) is 8.07. The third kappa shape index (κ3) is 4.81. The van der Waals surface area contributed by atoms with Crippen molar-refractivity contribution in [3.8, 4) is 0 Å². The maximum atomic E-state index is 12.3. The van der Waals surface area contributed by atoms with Gasteiger partial charge in [-0.25, -0.2) is 0 Å². The largest absolute Gasteiger partial charge is 0.354 e. The topological polar surface area (TPSA) is 45.2 Å². The van der Waals surface area contributed by atoms with Gasteiger partial charge < -0.3 is 5.32 Å². The van der Waals surface area contributed by atoms with Crippen LogP contribution in [0.5, 0.6) is 0 Å². The fourth-order valence-corrected chi connectivity index (χ4v) is 3.02. The maximum absolute atomic E-state index is 12.3. The highest BCUT2D eigenvalue weighted by Crippen LogP contribution is 2.22. The van der Waals surface area contributed by atoms with Gasteiger partial charge >= 0.3 is 0 Å². The molecule has 1 aliphatic rings. The Morgan fingerprint density at radius 3 is 2.67 bits per heavy atom. The predicted octanol–water partition coefficient (Wildman–Crippen LogP) is 2.39. The maximum Gasteiger partial charge on any atom is 0.237 e. The third-order valence-corrected chi connectivity index (χ3v) is 4.60. The lowest BCUT2D eigenvalue weighted by atomic mass is 9.93. The molecule has 1 atom stereocenters. The van der Waals surface area contributed by atoms with E-state index in [4.69, 9.17) is 0 Å². The lowest BCUT2D eigenvalue weighted by Crippen LogP contribution is -2.48. The first kappa shape index (κ1) is 16.0. The van der Waals surface area contributed by atoms with E-state index in [0.29, 0.717) is 12.6 Å². The standard InChI is InChI=1S/C17H27N3O/c1-14(20(2)16-6-4-3-5-7-16)17(21)19-13-10-15-8-11-18-12-9-15/h8-9,11-12,14,16H,3-7,10,13H2,1-2H3,(H,19,21)/t14-/m0/s1. The fourth-order valence-electron chi connectivity index (χ4n) is 3.02. The minimum Gasteiger partial charge on any atom is -0.354 e.